The summed E-state index contributed by atoms with van der Waals surface area (Å²) < 4.78 is 15.3. The molecule has 1 rings (SSSR count). The lowest BCUT2D eigenvalue weighted by Crippen LogP contribution is -2.13. The maximum absolute atomic E-state index is 11.2. The van der Waals surface area contributed by atoms with Crippen molar-refractivity contribution in [3.63, 3.8) is 0 Å². The van der Waals surface area contributed by atoms with E-state index < -0.39 is 6.09 Å². The summed E-state index contributed by atoms with van der Waals surface area (Å²) in [4.78, 5) is 11.2. The number of hydrogen-bond donors (Lipinski definition) is 2. The van der Waals surface area contributed by atoms with E-state index in [1.54, 1.807) is 12.1 Å². The molecule has 100 valence electrons. The summed E-state index contributed by atoms with van der Waals surface area (Å²) in [6.07, 6.45) is -0.580. The molecule has 0 aromatic heterocycles. The van der Waals surface area contributed by atoms with E-state index in [2.05, 4.69) is 10.1 Å². The van der Waals surface area contributed by atoms with Crippen molar-refractivity contribution in [3.05, 3.63) is 12.1 Å². The third-order valence-electron chi connectivity index (χ3n) is 2.13. The highest BCUT2D eigenvalue weighted by atomic mass is 16.5. The molecule has 0 heterocycles. The molecule has 6 nitrogen and oxygen atoms in total. The fourth-order valence-electron chi connectivity index (χ4n) is 1.39. The first-order valence-electron chi connectivity index (χ1n) is 5.66. The van der Waals surface area contributed by atoms with Crippen molar-refractivity contribution in [3.8, 4) is 11.5 Å². The molecule has 6 heteroatoms. The van der Waals surface area contributed by atoms with Crippen LogP contribution in [0.1, 0.15) is 13.8 Å². The SMILES string of the molecule is CCOc1cc(NC(=O)OC)c(OCC)cc1N. The minimum atomic E-state index is -0.580. The molecule has 0 spiro atoms. The van der Waals surface area contributed by atoms with Crippen LogP contribution >= 0.6 is 0 Å². The molecule has 0 atom stereocenters. The van der Waals surface area contributed by atoms with Gasteiger partial charge in [-0.25, -0.2) is 4.79 Å². The second kappa shape index (κ2) is 6.58. The van der Waals surface area contributed by atoms with Crippen molar-refractivity contribution in [2.24, 2.45) is 0 Å². The van der Waals surface area contributed by atoms with Crippen LogP contribution < -0.4 is 20.5 Å². The van der Waals surface area contributed by atoms with E-state index in [9.17, 15) is 4.79 Å². The molecule has 1 aromatic rings. The second-order valence-corrected chi connectivity index (χ2v) is 3.37. The molecule has 0 saturated carbocycles. The van der Waals surface area contributed by atoms with Crippen molar-refractivity contribution < 1.29 is 19.0 Å². The Morgan fingerprint density at radius 2 is 1.83 bits per heavy atom. The van der Waals surface area contributed by atoms with Crippen LogP contribution in [0.15, 0.2) is 12.1 Å². The van der Waals surface area contributed by atoms with E-state index in [0.717, 1.165) is 0 Å². The third-order valence-corrected chi connectivity index (χ3v) is 2.13. The predicted octanol–water partition coefficient (Wildman–Crippen LogP) is 2.24. The minimum Gasteiger partial charge on any atom is -0.492 e. The number of benzene rings is 1. The van der Waals surface area contributed by atoms with Gasteiger partial charge in [0.05, 0.1) is 31.7 Å². The number of carbonyl (C=O) groups excluding carboxylic acids is 1. The molecule has 0 saturated heterocycles. The van der Waals surface area contributed by atoms with Gasteiger partial charge in [0.1, 0.15) is 11.5 Å². The van der Waals surface area contributed by atoms with Crippen LogP contribution in [-0.2, 0) is 4.74 Å². The monoisotopic (exact) mass is 254 g/mol. The Hall–Kier alpha value is -2.11. The molecular weight excluding hydrogens is 236 g/mol. The van der Waals surface area contributed by atoms with Crippen LogP contribution in [0.5, 0.6) is 11.5 Å². The Kier molecular flexibility index (Phi) is 5.10. The van der Waals surface area contributed by atoms with E-state index in [0.29, 0.717) is 36.1 Å². The molecule has 1 amide bonds. The summed E-state index contributed by atoms with van der Waals surface area (Å²) in [5, 5.41) is 2.55. The Bertz CT molecular complexity index is 421. The molecule has 0 aliphatic rings. The molecule has 0 aliphatic heterocycles. The van der Waals surface area contributed by atoms with Crippen LogP contribution in [-0.4, -0.2) is 26.4 Å². The first-order chi connectivity index (χ1) is 8.62. The fraction of sp³-hybridized carbons (Fsp3) is 0.417. The summed E-state index contributed by atoms with van der Waals surface area (Å²) in [6.45, 7) is 4.64. The van der Waals surface area contributed by atoms with Gasteiger partial charge >= 0.3 is 6.09 Å². The van der Waals surface area contributed by atoms with Gasteiger partial charge in [-0.2, -0.15) is 0 Å². The number of ether oxygens (including phenoxy) is 3. The highest BCUT2D eigenvalue weighted by Crippen LogP contribution is 2.35. The highest BCUT2D eigenvalue weighted by molar-refractivity contribution is 5.88. The van der Waals surface area contributed by atoms with Gasteiger partial charge in [-0.1, -0.05) is 0 Å². The van der Waals surface area contributed by atoms with E-state index in [-0.39, 0.29) is 0 Å². The molecule has 0 fully saturated rings. The molecular formula is C12H18N2O4. The summed E-state index contributed by atoms with van der Waals surface area (Å²) >= 11 is 0. The molecule has 0 bridgehead atoms. The zero-order valence-corrected chi connectivity index (χ0v) is 10.8. The van der Waals surface area contributed by atoms with Crippen molar-refractivity contribution in [1.82, 2.24) is 0 Å². The first-order valence-corrected chi connectivity index (χ1v) is 5.66. The average Bonchev–Trinajstić information content (AvgIpc) is 2.35. The lowest BCUT2D eigenvalue weighted by Gasteiger charge is -2.14. The topological polar surface area (TPSA) is 82.8 Å². The Morgan fingerprint density at radius 3 is 2.39 bits per heavy atom. The van der Waals surface area contributed by atoms with Crippen LogP contribution in [0.25, 0.3) is 0 Å². The van der Waals surface area contributed by atoms with E-state index in [1.807, 2.05) is 13.8 Å². The zero-order valence-electron chi connectivity index (χ0n) is 10.8. The minimum absolute atomic E-state index is 0.454. The standard InChI is InChI=1S/C12H18N2O4/c1-4-17-10-7-9(14-12(15)16-3)11(18-5-2)6-8(10)13/h6-7H,4-5,13H2,1-3H3,(H,14,15). The van der Waals surface area contributed by atoms with Gasteiger partial charge in [-0.15, -0.1) is 0 Å². The Labute approximate surface area is 106 Å². The smallest absolute Gasteiger partial charge is 0.411 e. The number of nitrogens with two attached hydrogens (primary N) is 1. The summed E-state index contributed by atoms with van der Waals surface area (Å²) in [5.74, 6) is 0.969. The fourth-order valence-corrected chi connectivity index (χ4v) is 1.39. The molecule has 0 radical (unpaired) electrons. The van der Waals surface area contributed by atoms with E-state index in [4.69, 9.17) is 15.2 Å². The van der Waals surface area contributed by atoms with Crippen molar-refractivity contribution in [2.75, 3.05) is 31.4 Å². The number of rotatable bonds is 5. The molecule has 1 aromatic carbocycles. The van der Waals surface area contributed by atoms with Gasteiger partial charge in [0.2, 0.25) is 0 Å². The van der Waals surface area contributed by atoms with Crippen LogP contribution in [0.4, 0.5) is 16.2 Å². The van der Waals surface area contributed by atoms with Gasteiger partial charge in [0, 0.05) is 12.1 Å². The van der Waals surface area contributed by atoms with E-state index >= 15 is 0 Å². The molecule has 0 unspecified atom stereocenters. The van der Waals surface area contributed by atoms with Crippen LogP contribution in [0.2, 0.25) is 0 Å². The largest absolute Gasteiger partial charge is 0.492 e. The maximum Gasteiger partial charge on any atom is 0.411 e. The van der Waals surface area contributed by atoms with Gasteiger partial charge in [-0.3, -0.25) is 5.32 Å². The number of nitrogen functional groups attached to an aromatic ring is 1. The lowest BCUT2D eigenvalue weighted by molar-refractivity contribution is 0.186. The van der Waals surface area contributed by atoms with Crippen LogP contribution in [0, 0.1) is 0 Å². The molecule has 0 aliphatic carbocycles. The van der Waals surface area contributed by atoms with Crippen LogP contribution in [0.3, 0.4) is 0 Å². The summed E-state index contributed by atoms with van der Waals surface area (Å²) in [6, 6.07) is 3.22. The Balaban J connectivity index is 3.08. The van der Waals surface area contributed by atoms with Crippen molar-refractivity contribution in [2.45, 2.75) is 13.8 Å². The number of hydrogen-bond acceptors (Lipinski definition) is 5. The van der Waals surface area contributed by atoms with Gasteiger partial charge < -0.3 is 19.9 Å². The van der Waals surface area contributed by atoms with Gasteiger partial charge in [0.15, 0.2) is 0 Å². The Morgan fingerprint density at radius 1 is 1.22 bits per heavy atom. The van der Waals surface area contributed by atoms with Gasteiger partial charge in [-0.05, 0) is 13.8 Å². The van der Waals surface area contributed by atoms with E-state index in [1.165, 1.54) is 7.11 Å². The van der Waals surface area contributed by atoms with Crippen molar-refractivity contribution >= 4 is 17.5 Å². The summed E-state index contributed by atoms with van der Waals surface area (Å²) in [5.41, 5.74) is 6.73. The first kappa shape index (κ1) is 14.0. The average molecular weight is 254 g/mol. The highest BCUT2D eigenvalue weighted by Gasteiger charge is 2.12. The number of nitrogens with one attached hydrogen (secondary N) is 1. The molecule has 18 heavy (non-hydrogen) atoms. The molecule has 3 N–H and O–H groups in total. The predicted molar refractivity (Wildman–Crippen MR) is 69.2 cm³/mol. The summed E-state index contributed by atoms with van der Waals surface area (Å²) in [7, 11) is 1.29. The number of methoxy groups -OCH3 is 1. The third kappa shape index (κ3) is 3.44. The lowest BCUT2D eigenvalue weighted by atomic mass is 10.2. The number of carbonyl (C=O) groups is 1. The number of anilines is 2. The number of amides is 1. The maximum atomic E-state index is 11.2. The van der Waals surface area contributed by atoms with Crippen molar-refractivity contribution in [1.29, 1.82) is 0 Å². The van der Waals surface area contributed by atoms with Gasteiger partial charge in [0.25, 0.3) is 0 Å². The second-order valence-electron chi connectivity index (χ2n) is 3.37. The zero-order chi connectivity index (χ0) is 13.5. The quantitative estimate of drug-likeness (QED) is 0.787. The normalized spacial score (nSPS) is 9.72.